The number of H-pyrrole nitrogens is 1. The van der Waals surface area contributed by atoms with Gasteiger partial charge in [-0.3, -0.25) is 5.10 Å². The van der Waals surface area contributed by atoms with Gasteiger partial charge in [0.25, 0.3) is 0 Å². The van der Waals surface area contributed by atoms with E-state index < -0.39 is 6.03 Å². The highest BCUT2D eigenvalue weighted by Gasteiger charge is 2.20. The summed E-state index contributed by atoms with van der Waals surface area (Å²) < 4.78 is 5.46. The maximum absolute atomic E-state index is 12.3. The first-order valence-corrected chi connectivity index (χ1v) is 10.7. The highest BCUT2D eigenvalue weighted by Crippen LogP contribution is 2.29. The van der Waals surface area contributed by atoms with Gasteiger partial charge in [0, 0.05) is 30.0 Å². The molecule has 2 amide bonds. The van der Waals surface area contributed by atoms with Crippen LogP contribution in [-0.4, -0.2) is 60.3 Å². The number of nitrogens with zero attached hydrogens (tertiary/aromatic N) is 4. The van der Waals surface area contributed by atoms with Gasteiger partial charge in [0.15, 0.2) is 17.5 Å². The number of benzene rings is 1. The molecule has 0 spiro atoms. The number of allylic oxidation sites excluding steroid dienone is 4. The number of hydrogen-bond acceptors (Lipinski definition) is 7. The number of anilines is 3. The predicted octanol–water partition coefficient (Wildman–Crippen LogP) is 2.70. The number of nitrogen functional groups attached to an aromatic ring is 1. The number of nitrogens with one attached hydrogen (secondary N) is 3. The zero-order valence-electron chi connectivity index (χ0n) is 18.8. The van der Waals surface area contributed by atoms with Crippen molar-refractivity contribution in [2.45, 2.75) is 6.92 Å². The van der Waals surface area contributed by atoms with Gasteiger partial charge < -0.3 is 26.0 Å². The highest BCUT2D eigenvalue weighted by atomic mass is 16.5. The molecule has 3 heterocycles. The standard InChI is InChI=1S/C23H25BN8O2/c1-3-16(7-4-14(2)24)26-23(33)27-17-8-5-15(6-9-17)21-28-18-19(30-31-20(18)25)22(29-21)32-10-12-34-13-11-32/h3-9H,1,10-13H2,2H3,(H3,25,30,31)(H2,26,27,33)/b14-4+,16-7+. The topological polar surface area (TPSA) is 134 Å². The molecule has 1 aromatic carbocycles. The first-order chi connectivity index (χ1) is 16.4. The molecule has 1 saturated heterocycles. The third-order valence-corrected chi connectivity index (χ3v) is 5.14. The predicted molar refractivity (Wildman–Crippen MR) is 135 cm³/mol. The average molecular weight is 456 g/mol. The number of carbonyl (C=O) groups is 1. The quantitative estimate of drug-likeness (QED) is 0.331. The molecule has 34 heavy (non-hydrogen) atoms. The second-order valence-corrected chi connectivity index (χ2v) is 7.70. The van der Waals surface area contributed by atoms with Crippen molar-refractivity contribution < 1.29 is 9.53 Å². The summed E-state index contributed by atoms with van der Waals surface area (Å²) in [6, 6.07) is 6.82. The molecule has 5 N–H and O–H groups in total. The summed E-state index contributed by atoms with van der Waals surface area (Å²) in [7, 11) is 5.62. The molecule has 1 fully saturated rings. The largest absolute Gasteiger partial charge is 0.380 e. The number of carbonyl (C=O) groups excluding carboxylic acids is 1. The number of aromatic nitrogens is 4. The molecule has 11 heteroatoms. The molecule has 0 unspecified atom stereocenters. The lowest BCUT2D eigenvalue weighted by molar-refractivity contribution is 0.122. The van der Waals surface area contributed by atoms with Crippen LogP contribution >= 0.6 is 0 Å². The van der Waals surface area contributed by atoms with Gasteiger partial charge in [0.05, 0.1) is 13.2 Å². The van der Waals surface area contributed by atoms with E-state index in [0.29, 0.717) is 65.8 Å². The molecular formula is C23H25BN8O2. The zero-order valence-corrected chi connectivity index (χ0v) is 18.8. The number of aromatic amines is 1. The molecule has 2 aromatic heterocycles. The molecule has 0 bridgehead atoms. The van der Waals surface area contributed by atoms with E-state index in [1.807, 2.05) is 12.1 Å². The zero-order chi connectivity index (χ0) is 24.1. The summed E-state index contributed by atoms with van der Waals surface area (Å²) >= 11 is 0. The Bertz CT molecular complexity index is 1260. The lowest BCUT2D eigenvalue weighted by atomic mass is 9.97. The Kier molecular flexibility index (Phi) is 6.93. The van der Waals surface area contributed by atoms with E-state index >= 15 is 0 Å². The first-order valence-electron chi connectivity index (χ1n) is 10.7. The maximum Gasteiger partial charge on any atom is 0.323 e. The Morgan fingerprint density at radius 3 is 2.65 bits per heavy atom. The van der Waals surface area contributed by atoms with E-state index in [0.717, 1.165) is 11.4 Å². The van der Waals surface area contributed by atoms with Crippen LogP contribution in [0.2, 0.25) is 0 Å². The normalized spacial score (nSPS) is 14.8. The molecule has 3 aromatic rings. The Morgan fingerprint density at radius 2 is 1.97 bits per heavy atom. The minimum atomic E-state index is -0.402. The maximum atomic E-state index is 12.3. The Hall–Kier alpha value is -4.12. The molecule has 0 saturated carbocycles. The molecule has 0 aliphatic carbocycles. The van der Waals surface area contributed by atoms with Crippen LogP contribution in [0, 0.1) is 0 Å². The van der Waals surface area contributed by atoms with E-state index in [4.69, 9.17) is 23.3 Å². The van der Waals surface area contributed by atoms with Crippen LogP contribution in [0.15, 0.2) is 60.2 Å². The van der Waals surface area contributed by atoms with Crippen LogP contribution in [0.1, 0.15) is 6.92 Å². The van der Waals surface area contributed by atoms with Crippen molar-refractivity contribution in [3.63, 3.8) is 0 Å². The summed E-state index contributed by atoms with van der Waals surface area (Å²) in [6.07, 6.45) is 4.89. The third kappa shape index (κ3) is 5.26. The van der Waals surface area contributed by atoms with Crippen LogP contribution in [-0.2, 0) is 4.74 Å². The van der Waals surface area contributed by atoms with Gasteiger partial charge in [-0.25, -0.2) is 14.8 Å². The highest BCUT2D eigenvalue weighted by molar-refractivity contribution is 6.21. The van der Waals surface area contributed by atoms with E-state index in [2.05, 4.69) is 37.3 Å². The van der Waals surface area contributed by atoms with E-state index in [9.17, 15) is 4.79 Å². The van der Waals surface area contributed by atoms with Crippen molar-refractivity contribution in [3.05, 3.63) is 60.2 Å². The van der Waals surface area contributed by atoms with Crippen molar-refractivity contribution in [1.29, 1.82) is 0 Å². The third-order valence-electron chi connectivity index (χ3n) is 5.14. The number of amides is 2. The van der Waals surface area contributed by atoms with Gasteiger partial charge >= 0.3 is 6.03 Å². The van der Waals surface area contributed by atoms with Crippen LogP contribution < -0.4 is 21.3 Å². The van der Waals surface area contributed by atoms with Gasteiger partial charge in [-0.1, -0.05) is 19.6 Å². The molecule has 2 radical (unpaired) electrons. The molecular weight excluding hydrogens is 431 g/mol. The number of urea groups is 1. The summed E-state index contributed by atoms with van der Waals surface area (Å²) in [5, 5.41) is 12.5. The van der Waals surface area contributed by atoms with Crippen LogP contribution in [0.5, 0.6) is 0 Å². The van der Waals surface area contributed by atoms with E-state index in [1.165, 1.54) is 6.08 Å². The van der Waals surface area contributed by atoms with Crippen LogP contribution in [0.25, 0.3) is 22.4 Å². The smallest absolute Gasteiger partial charge is 0.323 e. The number of rotatable bonds is 6. The van der Waals surface area contributed by atoms with Crippen molar-refractivity contribution in [3.8, 4) is 11.4 Å². The number of ether oxygens (including phenoxy) is 1. The van der Waals surface area contributed by atoms with E-state index in [1.54, 1.807) is 31.2 Å². The molecule has 172 valence electrons. The van der Waals surface area contributed by atoms with Crippen LogP contribution in [0.3, 0.4) is 0 Å². The Morgan fingerprint density at radius 1 is 1.24 bits per heavy atom. The second kappa shape index (κ2) is 10.2. The molecule has 0 atom stereocenters. The molecule has 1 aliphatic heterocycles. The number of hydrogen-bond donors (Lipinski definition) is 4. The second-order valence-electron chi connectivity index (χ2n) is 7.70. The lowest BCUT2D eigenvalue weighted by Gasteiger charge is -2.28. The fourth-order valence-electron chi connectivity index (χ4n) is 3.42. The Labute approximate surface area is 198 Å². The van der Waals surface area contributed by atoms with Gasteiger partial charge in [0.2, 0.25) is 0 Å². The average Bonchev–Trinajstić information content (AvgIpc) is 3.22. The number of morpholine rings is 1. The van der Waals surface area contributed by atoms with Crippen LogP contribution in [0.4, 0.5) is 22.1 Å². The van der Waals surface area contributed by atoms with Crippen molar-refractivity contribution in [1.82, 2.24) is 25.5 Å². The van der Waals surface area contributed by atoms with Crippen molar-refractivity contribution in [2.24, 2.45) is 0 Å². The molecule has 4 rings (SSSR count). The SMILES string of the molecule is [B]/C(C)=C/C=C(\C=C)NC(=O)Nc1ccc(-c2nc(N3CCOCC3)c3[nH]nc(N)c3n2)cc1. The minimum absolute atomic E-state index is 0.314. The summed E-state index contributed by atoms with van der Waals surface area (Å²) in [4.78, 5) is 23.9. The summed E-state index contributed by atoms with van der Waals surface area (Å²) in [5.41, 5.74) is 9.82. The first kappa shape index (κ1) is 23.1. The van der Waals surface area contributed by atoms with Gasteiger partial charge in [-0.2, -0.15) is 5.10 Å². The van der Waals surface area contributed by atoms with Crippen molar-refractivity contribution in [2.75, 3.05) is 42.3 Å². The van der Waals surface area contributed by atoms with Gasteiger partial charge in [-0.05, 0) is 36.4 Å². The summed E-state index contributed by atoms with van der Waals surface area (Å²) in [6.45, 7) is 8.11. The minimum Gasteiger partial charge on any atom is -0.380 e. The Balaban J connectivity index is 1.54. The van der Waals surface area contributed by atoms with Gasteiger partial charge in [-0.15, -0.1) is 5.47 Å². The molecule has 1 aliphatic rings. The summed E-state index contributed by atoms with van der Waals surface area (Å²) in [5.74, 6) is 1.56. The number of fused-ring (bicyclic) bond motifs is 1. The van der Waals surface area contributed by atoms with Gasteiger partial charge in [0.1, 0.15) is 18.9 Å². The monoisotopic (exact) mass is 456 g/mol. The number of nitrogens with two attached hydrogens (primary N) is 1. The van der Waals surface area contributed by atoms with Crippen molar-refractivity contribution >= 4 is 42.2 Å². The fourth-order valence-corrected chi connectivity index (χ4v) is 3.42. The fraction of sp³-hybridized carbons (Fsp3) is 0.217. The van der Waals surface area contributed by atoms with E-state index in [-0.39, 0.29) is 0 Å². The lowest BCUT2D eigenvalue weighted by Crippen LogP contribution is -2.37. The molecule has 10 nitrogen and oxygen atoms in total.